The fourth-order valence-electron chi connectivity index (χ4n) is 3.09. The third-order valence-electron chi connectivity index (χ3n) is 4.41. The zero-order valence-corrected chi connectivity index (χ0v) is 13.1. The first kappa shape index (κ1) is 15.3. The van der Waals surface area contributed by atoms with Crippen LogP contribution in [0, 0.1) is 18.8 Å². The molecule has 2 aromatic rings. The molecule has 1 saturated heterocycles. The van der Waals surface area contributed by atoms with Crippen molar-refractivity contribution in [2.75, 3.05) is 13.1 Å². The molecule has 1 aliphatic rings. The highest BCUT2D eigenvalue weighted by molar-refractivity contribution is 5.95. The number of aromatic nitrogens is 2. The van der Waals surface area contributed by atoms with Gasteiger partial charge in [-0.15, -0.1) is 0 Å². The molecular weight excluding hydrogens is 294 g/mol. The van der Waals surface area contributed by atoms with Crippen molar-refractivity contribution in [1.82, 2.24) is 14.7 Å². The highest BCUT2D eigenvalue weighted by Gasteiger charge is 2.37. The van der Waals surface area contributed by atoms with Gasteiger partial charge in [0.15, 0.2) is 0 Å². The van der Waals surface area contributed by atoms with Gasteiger partial charge in [0.05, 0.1) is 11.6 Å². The van der Waals surface area contributed by atoms with Crippen molar-refractivity contribution < 1.29 is 14.7 Å². The number of hydrogen-bond acceptors (Lipinski definition) is 3. The summed E-state index contributed by atoms with van der Waals surface area (Å²) in [5.41, 5.74) is 2.45. The molecule has 3 rings (SSSR count). The van der Waals surface area contributed by atoms with Crippen LogP contribution in [-0.4, -0.2) is 44.8 Å². The average molecular weight is 313 g/mol. The molecule has 1 aliphatic heterocycles. The summed E-state index contributed by atoms with van der Waals surface area (Å²) < 4.78 is 1.75. The third-order valence-corrected chi connectivity index (χ3v) is 4.41. The van der Waals surface area contributed by atoms with Crippen molar-refractivity contribution >= 4 is 11.9 Å². The van der Waals surface area contributed by atoms with Gasteiger partial charge in [-0.3, -0.25) is 9.59 Å². The predicted octanol–water partition coefficient (Wildman–Crippen LogP) is 1.97. The van der Waals surface area contributed by atoms with E-state index in [2.05, 4.69) is 5.10 Å². The van der Waals surface area contributed by atoms with Crippen LogP contribution >= 0.6 is 0 Å². The Bertz CT molecular complexity index is 740. The molecule has 1 N–H and O–H groups in total. The van der Waals surface area contributed by atoms with Crippen molar-refractivity contribution in [2.45, 2.75) is 13.8 Å². The second kappa shape index (κ2) is 5.87. The molecule has 2 atom stereocenters. The number of likely N-dealkylation sites (tertiary alicyclic amines) is 1. The van der Waals surface area contributed by atoms with Crippen LogP contribution in [0.3, 0.4) is 0 Å². The van der Waals surface area contributed by atoms with E-state index in [9.17, 15) is 14.7 Å². The molecule has 0 saturated carbocycles. The highest BCUT2D eigenvalue weighted by Crippen LogP contribution is 2.25. The maximum absolute atomic E-state index is 12.6. The van der Waals surface area contributed by atoms with Crippen molar-refractivity contribution in [2.24, 2.45) is 11.8 Å². The summed E-state index contributed by atoms with van der Waals surface area (Å²) in [6.07, 6.45) is 3.56. The molecule has 2 heterocycles. The lowest BCUT2D eigenvalue weighted by Gasteiger charge is -2.17. The summed E-state index contributed by atoms with van der Waals surface area (Å²) in [4.78, 5) is 25.5. The number of nitrogens with zero attached hydrogens (tertiary/aromatic N) is 3. The average Bonchev–Trinajstić information content (AvgIpc) is 3.15. The van der Waals surface area contributed by atoms with E-state index in [1.54, 1.807) is 21.8 Å². The van der Waals surface area contributed by atoms with Crippen molar-refractivity contribution in [1.29, 1.82) is 0 Å². The summed E-state index contributed by atoms with van der Waals surface area (Å²) in [6, 6.07) is 7.31. The maximum atomic E-state index is 12.6. The second-order valence-corrected chi connectivity index (χ2v) is 6.08. The summed E-state index contributed by atoms with van der Waals surface area (Å²) in [5, 5.41) is 13.4. The van der Waals surface area contributed by atoms with E-state index in [1.165, 1.54) is 0 Å². The van der Waals surface area contributed by atoms with Gasteiger partial charge in [0.1, 0.15) is 0 Å². The van der Waals surface area contributed by atoms with E-state index in [0.29, 0.717) is 12.1 Å². The minimum Gasteiger partial charge on any atom is -0.481 e. The topological polar surface area (TPSA) is 75.4 Å². The number of carboxylic acids is 1. The Hall–Kier alpha value is -2.63. The van der Waals surface area contributed by atoms with Crippen LogP contribution < -0.4 is 0 Å². The molecule has 1 aromatic heterocycles. The second-order valence-electron chi connectivity index (χ2n) is 6.08. The van der Waals surface area contributed by atoms with Crippen LogP contribution in [0.2, 0.25) is 0 Å². The minimum atomic E-state index is -0.835. The van der Waals surface area contributed by atoms with E-state index in [-0.39, 0.29) is 18.4 Å². The standard InChI is InChI=1S/C17H19N3O3/c1-11-8-13(4-5-15(11)20-7-3-6-18-20)16(21)19-9-12(2)14(10-19)17(22)23/h3-8,12,14H,9-10H2,1-2H3,(H,22,23)/t12-,14-/m1/s1. The predicted molar refractivity (Wildman–Crippen MR) is 84.5 cm³/mol. The molecule has 6 nitrogen and oxygen atoms in total. The lowest BCUT2D eigenvalue weighted by atomic mass is 9.99. The van der Waals surface area contributed by atoms with Gasteiger partial charge < -0.3 is 10.0 Å². The molecule has 6 heteroatoms. The number of aliphatic carboxylic acids is 1. The number of benzene rings is 1. The Kier molecular flexibility index (Phi) is 3.90. The molecule has 0 unspecified atom stereocenters. The van der Waals surface area contributed by atoms with Gasteiger partial charge in [0, 0.05) is 31.0 Å². The van der Waals surface area contributed by atoms with E-state index >= 15 is 0 Å². The van der Waals surface area contributed by atoms with Crippen LogP contribution in [0.1, 0.15) is 22.8 Å². The molecule has 120 valence electrons. The van der Waals surface area contributed by atoms with Crippen LogP contribution in [0.15, 0.2) is 36.7 Å². The molecule has 23 heavy (non-hydrogen) atoms. The number of carbonyl (C=O) groups is 2. The number of aryl methyl sites for hydroxylation is 1. The van der Waals surface area contributed by atoms with Gasteiger partial charge >= 0.3 is 5.97 Å². The lowest BCUT2D eigenvalue weighted by molar-refractivity contribution is -0.142. The number of amides is 1. The first-order chi connectivity index (χ1) is 11.0. The fourth-order valence-corrected chi connectivity index (χ4v) is 3.09. The molecule has 1 fully saturated rings. The van der Waals surface area contributed by atoms with Gasteiger partial charge in [-0.1, -0.05) is 6.92 Å². The van der Waals surface area contributed by atoms with Crippen LogP contribution in [0.25, 0.3) is 5.69 Å². The number of rotatable bonds is 3. The van der Waals surface area contributed by atoms with Gasteiger partial charge in [-0.2, -0.15) is 5.10 Å². The van der Waals surface area contributed by atoms with Crippen molar-refractivity contribution in [3.8, 4) is 5.69 Å². The van der Waals surface area contributed by atoms with E-state index in [4.69, 9.17) is 0 Å². The smallest absolute Gasteiger partial charge is 0.308 e. The summed E-state index contributed by atoms with van der Waals surface area (Å²) in [6.45, 7) is 4.56. The Morgan fingerprint density at radius 1 is 1.30 bits per heavy atom. The Balaban J connectivity index is 1.81. The summed E-state index contributed by atoms with van der Waals surface area (Å²) in [7, 11) is 0. The zero-order chi connectivity index (χ0) is 16.6. The van der Waals surface area contributed by atoms with Gasteiger partial charge in [0.2, 0.25) is 0 Å². The van der Waals surface area contributed by atoms with Crippen LogP contribution in [-0.2, 0) is 4.79 Å². The minimum absolute atomic E-state index is 0.0269. The first-order valence-electron chi connectivity index (χ1n) is 7.60. The number of hydrogen-bond donors (Lipinski definition) is 1. The highest BCUT2D eigenvalue weighted by atomic mass is 16.4. The van der Waals surface area contributed by atoms with E-state index < -0.39 is 11.9 Å². The molecule has 1 amide bonds. The quantitative estimate of drug-likeness (QED) is 0.940. The maximum Gasteiger partial charge on any atom is 0.308 e. The molecule has 1 aromatic carbocycles. The summed E-state index contributed by atoms with van der Waals surface area (Å²) in [5.74, 6) is -1.46. The molecular formula is C17H19N3O3. The SMILES string of the molecule is Cc1cc(C(=O)N2C[C@@H](C)[C@H](C(=O)O)C2)ccc1-n1cccn1. The number of carboxylic acid groups (broad SMARTS) is 1. The lowest BCUT2D eigenvalue weighted by Crippen LogP contribution is -2.30. The van der Waals surface area contributed by atoms with Crippen molar-refractivity contribution in [3.05, 3.63) is 47.8 Å². The number of carbonyl (C=O) groups excluding carboxylic acids is 1. The third kappa shape index (κ3) is 2.84. The van der Waals surface area contributed by atoms with Crippen molar-refractivity contribution in [3.63, 3.8) is 0 Å². The van der Waals surface area contributed by atoms with E-state index in [1.807, 2.05) is 38.2 Å². The molecule has 0 aliphatic carbocycles. The monoisotopic (exact) mass is 313 g/mol. The van der Waals surface area contributed by atoms with Crippen LogP contribution in [0.4, 0.5) is 0 Å². The Labute approximate surface area is 134 Å². The van der Waals surface area contributed by atoms with E-state index in [0.717, 1.165) is 11.3 Å². The molecule has 0 radical (unpaired) electrons. The largest absolute Gasteiger partial charge is 0.481 e. The van der Waals surface area contributed by atoms with Gasteiger partial charge in [-0.25, -0.2) is 4.68 Å². The Morgan fingerprint density at radius 2 is 2.09 bits per heavy atom. The molecule has 0 bridgehead atoms. The Morgan fingerprint density at radius 3 is 2.65 bits per heavy atom. The van der Waals surface area contributed by atoms with Crippen LogP contribution in [0.5, 0.6) is 0 Å². The summed E-state index contributed by atoms with van der Waals surface area (Å²) >= 11 is 0. The zero-order valence-electron chi connectivity index (χ0n) is 13.1. The fraction of sp³-hybridized carbons (Fsp3) is 0.353. The first-order valence-corrected chi connectivity index (χ1v) is 7.60. The normalized spacial score (nSPS) is 20.7. The van der Waals surface area contributed by atoms with Gasteiger partial charge in [-0.05, 0) is 42.7 Å². The molecule has 0 spiro atoms. The van der Waals surface area contributed by atoms with Gasteiger partial charge in [0.25, 0.3) is 5.91 Å².